The van der Waals surface area contributed by atoms with Crippen LogP contribution in [0.1, 0.15) is 61.3 Å². The Hall–Kier alpha value is -7.81. The number of anilines is 1. The molecule has 0 unspecified atom stereocenters. The van der Waals surface area contributed by atoms with Crippen molar-refractivity contribution in [1.29, 1.82) is 0 Å². The Labute approximate surface area is 381 Å². The predicted molar refractivity (Wildman–Crippen MR) is 237 cm³/mol. The third-order valence-electron chi connectivity index (χ3n) is 11.6. The Morgan fingerprint density at radius 3 is 2.30 bits per heavy atom. The number of unbranched alkanes of at least 4 members (excludes halogenated alkanes) is 2. The minimum absolute atomic E-state index is 0.0117. The number of aromatic nitrogens is 2. The number of carbonyl (C=O) groups is 8. The number of aliphatic hydroxyl groups is 1. The molecule has 0 aliphatic carbocycles. The summed E-state index contributed by atoms with van der Waals surface area (Å²) in [5, 5.41) is 26.9. The number of carbonyl (C=O) groups excluding carboxylic acids is 8. The van der Waals surface area contributed by atoms with Gasteiger partial charge in [-0.2, -0.15) is 0 Å². The molecule has 7 rings (SSSR count). The summed E-state index contributed by atoms with van der Waals surface area (Å²) in [5.41, 5.74) is 0.367. The first-order valence-electron chi connectivity index (χ1n) is 21.6. The number of nitrogens with zero attached hydrogens (tertiary/aromatic N) is 3. The highest BCUT2D eigenvalue weighted by Crippen LogP contribution is 2.39. The fourth-order valence-electron chi connectivity index (χ4n) is 7.93. The zero-order chi connectivity index (χ0) is 47.8. The second-order valence-corrected chi connectivity index (χ2v) is 16.1. The van der Waals surface area contributed by atoms with Crippen LogP contribution in [0.5, 0.6) is 0 Å². The highest BCUT2D eigenvalue weighted by Gasteiger charge is 2.45. The van der Waals surface area contributed by atoms with Crippen molar-refractivity contribution < 1.29 is 52.6 Å². The van der Waals surface area contributed by atoms with Crippen LogP contribution in [0.2, 0.25) is 0 Å². The molecule has 0 saturated heterocycles. The smallest absolute Gasteiger partial charge is 0.343 e. The molecule has 67 heavy (non-hydrogen) atoms. The maximum absolute atomic E-state index is 15.4. The van der Waals surface area contributed by atoms with Crippen molar-refractivity contribution in [3.63, 3.8) is 0 Å². The van der Waals surface area contributed by atoms with E-state index in [0.717, 1.165) is 4.90 Å². The van der Waals surface area contributed by atoms with Gasteiger partial charge in [-0.25, -0.2) is 14.2 Å². The summed E-state index contributed by atoms with van der Waals surface area (Å²) >= 11 is 0. The number of imide groups is 1. The van der Waals surface area contributed by atoms with E-state index in [2.05, 4.69) is 36.9 Å². The first-order chi connectivity index (χ1) is 32.1. The minimum Gasteiger partial charge on any atom is -0.458 e. The molecule has 0 spiro atoms. The summed E-state index contributed by atoms with van der Waals surface area (Å²) in [7, 11) is 0. The molecule has 20 nitrogen and oxygen atoms in total. The lowest BCUT2D eigenvalue weighted by atomic mass is 9.86. The van der Waals surface area contributed by atoms with Gasteiger partial charge < -0.3 is 46.3 Å². The van der Waals surface area contributed by atoms with Crippen LogP contribution in [-0.4, -0.2) is 106 Å². The summed E-state index contributed by atoms with van der Waals surface area (Å²) in [6.45, 7) is 0.0910. The highest BCUT2D eigenvalue weighted by atomic mass is 19.1. The molecule has 5 heterocycles. The van der Waals surface area contributed by atoms with E-state index >= 15 is 4.39 Å². The van der Waals surface area contributed by atoms with Gasteiger partial charge in [-0.1, -0.05) is 43.7 Å². The van der Waals surface area contributed by atoms with Crippen LogP contribution >= 0.6 is 0 Å². The molecule has 2 aromatic heterocycles. The summed E-state index contributed by atoms with van der Waals surface area (Å²) in [5.74, 6) is -5.35. The van der Waals surface area contributed by atoms with Crippen molar-refractivity contribution in [2.45, 2.75) is 70.2 Å². The quantitative estimate of drug-likeness (QED) is 0.0239. The molecule has 0 fully saturated rings. The molecular weight excluding hydrogens is 874 g/mol. The monoisotopic (exact) mass is 921 g/mol. The number of pyridine rings is 2. The maximum Gasteiger partial charge on any atom is 0.343 e. The molecule has 4 aromatic rings. The van der Waals surface area contributed by atoms with E-state index in [0.29, 0.717) is 47.2 Å². The number of ether oxygens (including phenoxy) is 1. The van der Waals surface area contributed by atoms with E-state index in [4.69, 9.17) is 4.74 Å². The van der Waals surface area contributed by atoms with Crippen LogP contribution in [-0.2, 0) is 68.3 Å². The second kappa shape index (κ2) is 20.6. The summed E-state index contributed by atoms with van der Waals surface area (Å²) in [4.78, 5) is 118. The van der Waals surface area contributed by atoms with Crippen LogP contribution in [0.25, 0.3) is 22.3 Å². The first-order valence-corrected chi connectivity index (χ1v) is 21.6. The minimum atomic E-state index is -1.99. The lowest BCUT2D eigenvalue weighted by molar-refractivity contribution is -0.172. The van der Waals surface area contributed by atoms with Crippen molar-refractivity contribution in [1.82, 2.24) is 41.0 Å². The van der Waals surface area contributed by atoms with E-state index in [1.807, 2.05) is 0 Å². The van der Waals surface area contributed by atoms with Gasteiger partial charge in [0.2, 0.25) is 29.5 Å². The standard InChI is InChI=1S/C46H48FN9O11/c1-2-46(66)30-18-35-42-28(23-56(35)44(64)29(30)24-67-45(46)65)16-27-17-33(31(47)19-32(27)54-42)51-25-52-38(59)21-50-43(63)34(15-26-9-5-3-6-10-26)53-39(60)22-49-37(58)20-48-36(57)11-7-4-8-14-55-40(61)12-13-41(55)62/h3,5-6,9-10,12-13,16-19,34,51,66H,2,4,7-8,11,14-15,20-25H2,1H3,(H,48,57)(H,49,58)(H,50,63)(H,52,59)(H,53,60)/t34-,46-/m0/s1. The van der Waals surface area contributed by atoms with Gasteiger partial charge in [-0.05, 0) is 43.0 Å². The highest BCUT2D eigenvalue weighted by molar-refractivity contribution is 6.12. The van der Waals surface area contributed by atoms with Crippen LogP contribution in [0.3, 0.4) is 0 Å². The van der Waals surface area contributed by atoms with Gasteiger partial charge in [0.25, 0.3) is 17.4 Å². The van der Waals surface area contributed by atoms with Gasteiger partial charge in [0.15, 0.2) is 5.60 Å². The van der Waals surface area contributed by atoms with Gasteiger partial charge in [0.1, 0.15) is 18.5 Å². The SMILES string of the molecule is CC[C@@]1(O)C(=O)OCc2c1cc1n(c2=O)Cc2cc3cc(NCNC(=O)CNC(=O)[C@H](Cc4ccccc4)NC(=O)CNC(=O)CNC(=O)CCCCCN4C(=O)C=CC4=O)c(F)cc3nc2-1. The first kappa shape index (κ1) is 47.2. The van der Waals surface area contributed by atoms with Crippen molar-refractivity contribution in [3.8, 4) is 11.4 Å². The van der Waals surface area contributed by atoms with Gasteiger partial charge >= 0.3 is 5.97 Å². The molecule has 0 bridgehead atoms. The average molecular weight is 922 g/mol. The summed E-state index contributed by atoms with van der Waals surface area (Å²) < 4.78 is 22.0. The van der Waals surface area contributed by atoms with Crippen LogP contribution in [0, 0.1) is 5.82 Å². The molecule has 7 amide bonds. The number of hydrogen-bond acceptors (Lipinski definition) is 13. The van der Waals surface area contributed by atoms with E-state index in [-0.39, 0.29) is 79.8 Å². The lowest BCUT2D eigenvalue weighted by Crippen LogP contribution is -2.52. The van der Waals surface area contributed by atoms with Gasteiger partial charge in [0.05, 0.1) is 61.0 Å². The lowest BCUT2D eigenvalue weighted by Gasteiger charge is -2.31. The zero-order valence-electron chi connectivity index (χ0n) is 36.4. The molecule has 2 atom stereocenters. The molecule has 7 N–H and O–H groups in total. The molecule has 0 saturated carbocycles. The van der Waals surface area contributed by atoms with E-state index in [1.54, 1.807) is 49.4 Å². The second-order valence-electron chi connectivity index (χ2n) is 16.1. The van der Waals surface area contributed by atoms with E-state index in [1.165, 1.54) is 28.9 Å². The number of amides is 7. The average Bonchev–Trinajstić information content (AvgIpc) is 3.84. The Morgan fingerprint density at radius 2 is 1.55 bits per heavy atom. The van der Waals surface area contributed by atoms with Crippen molar-refractivity contribution in [2.75, 3.05) is 38.2 Å². The van der Waals surface area contributed by atoms with Gasteiger partial charge in [-0.15, -0.1) is 0 Å². The Kier molecular flexibility index (Phi) is 14.5. The summed E-state index contributed by atoms with van der Waals surface area (Å²) in [6, 6.07) is 13.6. The van der Waals surface area contributed by atoms with E-state index < -0.39 is 78.2 Å². The van der Waals surface area contributed by atoms with Gasteiger partial charge in [0, 0.05) is 54.1 Å². The zero-order valence-corrected chi connectivity index (χ0v) is 36.4. The topological polar surface area (TPSA) is 276 Å². The third kappa shape index (κ3) is 10.8. The Bertz CT molecular complexity index is 2740. The number of benzene rings is 2. The fraction of sp³-hybridized carbons (Fsp3) is 0.348. The Balaban J connectivity index is 0.864. The van der Waals surface area contributed by atoms with Crippen molar-refractivity contribution in [2.24, 2.45) is 0 Å². The number of nitrogens with one attached hydrogen (secondary N) is 6. The predicted octanol–water partition coefficient (Wildman–Crippen LogP) is 0.266. The van der Waals surface area contributed by atoms with Crippen LogP contribution in [0.4, 0.5) is 10.1 Å². The normalized spacial score (nSPS) is 16.1. The van der Waals surface area contributed by atoms with Crippen molar-refractivity contribution in [3.05, 3.63) is 105 Å². The molecule has 3 aliphatic rings. The third-order valence-corrected chi connectivity index (χ3v) is 11.6. The largest absolute Gasteiger partial charge is 0.458 e. The number of esters is 1. The molecule has 0 radical (unpaired) electrons. The number of fused-ring (bicyclic) bond motifs is 5. The number of cyclic esters (lactones) is 1. The molecule has 21 heteroatoms. The van der Waals surface area contributed by atoms with Crippen LogP contribution in [0.15, 0.2) is 71.5 Å². The molecule has 350 valence electrons. The van der Waals surface area contributed by atoms with Crippen LogP contribution < -0.4 is 37.5 Å². The molecular formula is C46H48FN9O11. The maximum atomic E-state index is 15.4. The Morgan fingerprint density at radius 1 is 0.851 bits per heavy atom. The molecule has 3 aliphatic heterocycles. The van der Waals surface area contributed by atoms with Crippen molar-refractivity contribution >= 4 is 63.9 Å². The van der Waals surface area contributed by atoms with Gasteiger partial charge in [-0.3, -0.25) is 43.3 Å². The molecule has 2 aromatic carbocycles. The fourth-order valence-corrected chi connectivity index (χ4v) is 7.93. The summed E-state index contributed by atoms with van der Waals surface area (Å²) in [6.07, 6.45) is 4.14. The number of rotatable bonds is 20. The number of halogens is 1. The number of hydrogen-bond donors (Lipinski definition) is 7. The van der Waals surface area contributed by atoms with E-state index in [9.17, 15) is 48.3 Å².